The third-order valence-electron chi connectivity index (χ3n) is 4.29. The fourth-order valence-electron chi connectivity index (χ4n) is 2.74. The number of esters is 1. The third-order valence-corrected chi connectivity index (χ3v) is 4.29. The van der Waals surface area contributed by atoms with Gasteiger partial charge in [-0.2, -0.15) is 0 Å². The molecule has 2 aromatic rings. The largest absolute Gasteiger partial charge is 0.459 e. The number of hydrogen-bond donors (Lipinski definition) is 0. The van der Waals surface area contributed by atoms with E-state index in [-0.39, 0.29) is 28.8 Å². The Balaban J connectivity index is 1.46. The van der Waals surface area contributed by atoms with Gasteiger partial charge in [-0.15, -0.1) is 0 Å². The molecule has 3 rings (SSSR count). The summed E-state index contributed by atoms with van der Waals surface area (Å²) in [7, 11) is 0. The Hall–Kier alpha value is -3.69. The van der Waals surface area contributed by atoms with Gasteiger partial charge >= 0.3 is 5.97 Å². The second kappa shape index (κ2) is 8.33. The van der Waals surface area contributed by atoms with Crippen molar-refractivity contribution in [3.05, 3.63) is 64.1 Å². The molecule has 0 unspecified atom stereocenters. The first kappa shape index (κ1) is 19.1. The van der Waals surface area contributed by atoms with E-state index in [2.05, 4.69) is 0 Å². The molecule has 28 heavy (non-hydrogen) atoms. The van der Waals surface area contributed by atoms with Gasteiger partial charge in [0.15, 0.2) is 12.4 Å². The smallest absolute Gasteiger partial charge is 0.338 e. The van der Waals surface area contributed by atoms with Crippen molar-refractivity contribution in [3.63, 3.8) is 0 Å². The molecule has 0 atom stereocenters. The minimum absolute atomic E-state index is 0.118. The number of ether oxygens (including phenoxy) is 1. The molecule has 2 amide bonds. The zero-order chi connectivity index (χ0) is 20.1. The van der Waals surface area contributed by atoms with Crippen LogP contribution in [0.2, 0.25) is 0 Å². The lowest BCUT2D eigenvalue weighted by molar-refractivity contribution is -0.384. The molecule has 0 spiro atoms. The summed E-state index contributed by atoms with van der Waals surface area (Å²) >= 11 is 0. The second-order valence-electron chi connectivity index (χ2n) is 6.03. The van der Waals surface area contributed by atoms with E-state index < -0.39 is 17.5 Å². The zero-order valence-corrected chi connectivity index (χ0v) is 14.8. The van der Waals surface area contributed by atoms with E-state index >= 15 is 0 Å². The van der Waals surface area contributed by atoms with Gasteiger partial charge in [0.05, 0.1) is 16.7 Å². The van der Waals surface area contributed by atoms with E-state index in [0.29, 0.717) is 26.2 Å². The van der Waals surface area contributed by atoms with Gasteiger partial charge in [0.2, 0.25) is 0 Å². The first-order valence-electron chi connectivity index (χ1n) is 8.48. The molecule has 0 saturated carbocycles. The first-order chi connectivity index (χ1) is 13.5. The average molecular weight is 387 g/mol. The van der Waals surface area contributed by atoms with Gasteiger partial charge < -0.3 is 19.0 Å². The molecule has 2 heterocycles. The number of benzene rings is 1. The Bertz CT molecular complexity index is 869. The van der Waals surface area contributed by atoms with Crippen LogP contribution in [0, 0.1) is 10.1 Å². The molecule has 1 fully saturated rings. The van der Waals surface area contributed by atoms with Crippen LogP contribution in [0.25, 0.3) is 0 Å². The van der Waals surface area contributed by atoms with Crippen LogP contribution in [0.15, 0.2) is 47.1 Å². The normalized spacial score (nSPS) is 13.9. The molecular formula is C18H17N3O7. The standard InChI is InChI=1S/C18H17N3O7/c22-16(12-28-18(24)13-3-5-14(6-4-13)21(25)26)19-7-9-20(10-8-19)17(23)15-2-1-11-27-15/h1-6,11H,7-10,12H2. The van der Waals surface area contributed by atoms with Crippen molar-refractivity contribution in [1.29, 1.82) is 0 Å². The van der Waals surface area contributed by atoms with Gasteiger partial charge in [-0.25, -0.2) is 4.79 Å². The van der Waals surface area contributed by atoms with Crippen molar-refractivity contribution < 1.29 is 28.5 Å². The van der Waals surface area contributed by atoms with Crippen LogP contribution in [0.3, 0.4) is 0 Å². The van der Waals surface area contributed by atoms with Gasteiger partial charge in [0.25, 0.3) is 17.5 Å². The molecular weight excluding hydrogens is 370 g/mol. The highest BCUT2D eigenvalue weighted by Crippen LogP contribution is 2.13. The highest BCUT2D eigenvalue weighted by molar-refractivity contribution is 5.92. The fraction of sp³-hybridized carbons (Fsp3) is 0.278. The van der Waals surface area contributed by atoms with Crippen LogP contribution in [-0.2, 0) is 9.53 Å². The highest BCUT2D eigenvalue weighted by atomic mass is 16.6. The van der Waals surface area contributed by atoms with Gasteiger partial charge in [0.1, 0.15) is 0 Å². The summed E-state index contributed by atoms with van der Waals surface area (Å²) in [5.74, 6) is -1.10. The number of nitrogens with zero attached hydrogens (tertiary/aromatic N) is 3. The van der Waals surface area contributed by atoms with Crippen LogP contribution < -0.4 is 0 Å². The number of nitro groups is 1. The highest BCUT2D eigenvalue weighted by Gasteiger charge is 2.26. The minimum atomic E-state index is -0.741. The first-order valence-corrected chi connectivity index (χ1v) is 8.48. The van der Waals surface area contributed by atoms with Crippen molar-refractivity contribution in [2.75, 3.05) is 32.8 Å². The fourth-order valence-corrected chi connectivity index (χ4v) is 2.74. The lowest BCUT2D eigenvalue weighted by atomic mass is 10.2. The molecule has 0 bridgehead atoms. The van der Waals surface area contributed by atoms with E-state index in [0.717, 1.165) is 0 Å². The van der Waals surface area contributed by atoms with Gasteiger partial charge in [-0.1, -0.05) is 0 Å². The lowest BCUT2D eigenvalue weighted by Crippen LogP contribution is -2.51. The maximum atomic E-state index is 12.2. The van der Waals surface area contributed by atoms with E-state index in [1.807, 2.05) is 0 Å². The third kappa shape index (κ3) is 4.34. The maximum Gasteiger partial charge on any atom is 0.338 e. The number of carbonyl (C=O) groups is 3. The Kier molecular flexibility index (Phi) is 5.68. The molecule has 1 aromatic heterocycles. The van der Waals surface area contributed by atoms with E-state index in [1.165, 1.54) is 35.4 Å². The molecule has 0 radical (unpaired) electrons. The number of non-ortho nitro benzene ring substituents is 1. The molecule has 1 aromatic carbocycles. The van der Waals surface area contributed by atoms with Crippen LogP contribution >= 0.6 is 0 Å². The number of carbonyl (C=O) groups excluding carboxylic acids is 3. The molecule has 0 N–H and O–H groups in total. The van der Waals surface area contributed by atoms with E-state index in [1.54, 1.807) is 17.0 Å². The summed E-state index contributed by atoms with van der Waals surface area (Å²) in [6, 6.07) is 8.12. The Morgan fingerprint density at radius 2 is 1.68 bits per heavy atom. The summed E-state index contributed by atoms with van der Waals surface area (Å²) in [5, 5.41) is 10.6. The summed E-state index contributed by atoms with van der Waals surface area (Å²) in [6.07, 6.45) is 1.42. The number of hydrogen-bond acceptors (Lipinski definition) is 7. The number of nitro benzene ring substituents is 1. The van der Waals surface area contributed by atoms with Crippen LogP contribution in [0.1, 0.15) is 20.9 Å². The molecule has 146 valence electrons. The predicted octanol–water partition coefficient (Wildman–Crippen LogP) is 1.33. The van der Waals surface area contributed by atoms with Crippen LogP contribution in [0.4, 0.5) is 5.69 Å². The SMILES string of the molecule is O=C(OCC(=O)N1CCN(C(=O)c2ccco2)CC1)c1ccc([N+](=O)[O-])cc1. The number of furan rings is 1. The molecule has 10 nitrogen and oxygen atoms in total. The molecule has 1 aliphatic heterocycles. The van der Waals surface area contributed by atoms with Gasteiger partial charge in [-0.3, -0.25) is 19.7 Å². The number of amides is 2. The van der Waals surface area contributed by atoms with E-state index in [9.17, 15) is 24.5 Å². The van der Waals surface area contributed by atoms with Crippen molar-refractivity contribution >= 4 is 23.5 Å². The molecule has 1 saturated heterocycles. The zero-order valence-electron chi connectivity index (χ0n) is 14.8. The van der Waals surface area contributed by atoms with Gasteiger partial charge in [0, 0.05) is 38.3 Å². The molecule has 1 aliphatic rings. The molecule has 10 heteroatoms. The summed E-state index contributed by atoms with van der Waals surface area (Å²) in [5.41, 5.74) is -0.0261. The quantitative estimate of drug-likeness (QED) is 0.431. The van der Waals surface area contributed by atoms with Crippen molar-refractivity contribution in [1.82, 2.24) is 9.80 Å². The number of piperazine rings is 1. The van der Waals surface area contributed by atoms with E-state index in [4.69, 9.17) is 9.15 Å². The summed E-state index contributed by atoms with van der Waals surface area (Å²) < 4.78 is 10.1. The summed E-state index contributed by atoms with van der Waals surface area (Å²) in [4.78, 5) is 49.5. The number of rotatable bonds is 5. The second-order valence-corrected chi connectivity index (χ2v) is 6.03. The lowest BCUT2D eigenvalue weighted by Gasteiger charge is -2.34. The molecule has 0 aliphatic carbocycles. The average Bonchev–Trinajstić information content (AvgIpc) is 3.26. The van der Waals surface area contributed by atoms with Crippen LogP contribution in [0.5, 0.6) is 0 Å². The van der Waals surface area contributed by atoms with Crippen molar-refractivity contribution in [2.45, 2.75) is 0 Å². The van der Waals surface area contributed by atoms with Crippen molar-refractivity contribution in [2.24, 2.45) is 0 Å². The minimum Gasteiger partial charge on any atom is -0.459 e. The Labute approximate surface area is 159 Å². The van der Waals surface area contributed by atoms with Gasteiger partial charge in [-0.05, 0) is 24.3 Å². The van der Waals surface area contributed by atoms with Crippen molar-refractivity contribution in [3.8, 4) is 0 Å². The monoisotopic (exact) mass is 387 g/mol. The Morgan fingerprint density at radius 3 is 2.25 bits per heavy atom. The Morgan fingerprint density at radius 1 is 1.04 bits per heavy atom. The van der Waals surface area contributed by atoms with Crippen LogP contribution in [-0.4, -0.2) is 65.3 Å². The predicted molar refractivity (Wildman–Crippen MR) is 94.6 cm³/mol. The topological polar surface area (TPSA) is 123 Å². The maximum absolute atomic E-state index is 12.2. The summed E-state index contributed by atoms with van der Waals surface area (Å²) in [6.45, 7) is 0.895.